The van der Waals surface area contributed by atoms with Crippen molar-refractivity contribution in [2.45, 2.75) is 59.3 Å². The van der Waals surface area contributed by atoms with Crippen molar-refractivity contribution in [1.82, 2.24) is 0 Å². The maximum Gasteiger partial charge on any atom is -0.00889 e. The molecule has 19 heavy (non-hydrogen) atoms. The molecule has 1 saturated carbocycles. The van der Waals surface area contributed by atoms with Crippen LogP contribution >= 0.6 is 0 Å². The van der Waals surface area contributed by atoms with Gasteiger partial charge in [0.05, 0.1) is 0 Å². The smallest absolute Gasteiger partial charge is 0.00889 e. The fourth-order valence-electron chi connectivity index (χ4n) is 2.55. The molecule has 0 radical (unpaired) electrons. The summed E-state index contributed by atoms with van der Waals surface area (Å²) in [6.45, 7) is 6.81. The summed E-state index contributed by atoms with van der Waals surface area (Å²) in [5.41, 5.74) is 7.74. The number of unbranched alkanes of at least 4 members (excludes halogenated alkanes) is 1. The molecule has 1 aromatic carbocycles. The van der Waals surface area contributed by atoms with E-state index in [2.05, 4.69) is 51.1 Å². The summed E-state index contributed by atoms with van der Waals surface area (Å²) in [6.07, 6.45) is 10.1. The molecule has 1 aliphatic rings. The maximum absolute atomic E-state index is 2.47. The Kier molecular flexibility index (Phi) is 5.01. The summed E-state index contributed by atoms with van der Waals surface area (Å²) in [4.78, 5) is 0. The van der Waals surface area contributed by atoms with Crippen LogP contribution in [0, 0.1) is 6.92 Å². The van der Waals surface area contributed by atoms with Crippen LogP contribution in [0.3, 0.4) is 0 Å². The fraction of sp³-hybridized carbons (Fsp3) is 0.474. The highest BCUT2D eigenvalue weighted by Gasteiger charge is 2.16. The molecule has 0 heterocycles. The molecule has 1 aromatic rings. The Morgan fingerprint density at radius 1 is 1.21 bits per heavy atom. The van der Waals surface area contributed by atoms with Gasteiger partial charge in [-0.3, -0.25) is 0 Å². The molecule has 0 aromatic heterocycles. The first-order valence-corrected chi connectivity index (χ1v) is 7.65. The molecule has 0 nitrogen and oxygen atoms in total. The number of aryl methyl sites for hydroxylation is 1. The zero-order chi connectivity index (χ0) is 13.7. The Labute approximate surface area is 118 Å². The van der Waals surface area contributed by atoms with E-state index in [0.717, 1.165) is 6.42 Å². The summed E-state index contributed by atoms with van der Waals surface area (Å²) in [6, 6.07) is 8.73. The molecule has 0 aliphatic heterocycles. The predicted octanol–water partition coefficient (Wildman–Crippen LogP) is 5.76. The van der Waals surface area contributed by atoms with Gasteiger partial charge in [-0.15, -0.1) is 0 Å². The largest absolute Gasteiger partial charge is 0.0766 e. The average molecular weight is 254 g/mol. The van der Waals surface area contributed by atoms with Crippen molar-refractivity contribution in [3.63, 3.8) is 0 Å². The lowest BCUT2D eigenvalue weighted by molar-refractivity contribution is 0.788. The third kappa shape index (κ3) is 4.09. The lowest BCUT2D eigenvalue weighted by Crippen LogP contribution is -1.92. The minimum Gasteiger partial charge on any atom is -0.0766 e. The fourth-order valence-corrected chi connectivity index (χ4v) is 2.55. The monoisotopic (exact) mass is 254 g/mol. The van der Waals surface area contributed by atoms with E-state index in [1.54, 1.807) is 16.7 Å². The van der Waals surface area contributed by atoms with Gasteiger partial charge >= 0.3 is 0 Å². The van der Waals surface area contributed by atoms with Gasteiger partial charge in [0.15, 0.2) is 0 Å². The first kappa shape index (κ1) is 14.1. The van der Waals surface area contributed by atoms with Gasteiger partial charge in [0.1, 0.15) is 0 Å². The zero-order valence-corrected chi connectivity index (χ0v) is 12.6. The van der Waals surface area contributed by atoms with Crippen LogP contribution in [0.4, 0.5) is 0 Å². The van der Waals surface area contributed by atoms with E-state index in [0.29, 0.717) is 0 Å². The third-order valence-electron chi connectivity index (χ3n) is 4.14. The Morgan fingerprint density at radius 2 is 1.95 bits per heavy atom. The van der Waals surface area contributed by atoms with Crippen LogP contribution in [0.5, 0.6) is 0 Å². The minimum absolute atomic E-state index is 1.08. The molecule has 102 valence electrons. The van der Waals surface area contributed by atoms with Crippen molar-refractivity contribution >= 4 is 0 Å². The molecule has 0 heteroatoms. The lowest BCUT2D eigenvalue weighted by atomic mass is 9.97. The SMILES string of the molecule is CCCCC(=CCc1ccccc1C)C(C)=C1CC1. The highest BCUT2D eigenvalue weighted by Crippen LogP contribution is 2.35. The number of rotatable bonds is 6. The Bertz CT molecular complexity index is 483. The normalized spacial score (nSPS) is 14.7. The molecule has 0 atom stereocenters. The lowest BCUT2D eigenvalue weighted by Gasteiger charge is -2.09. The van der Waals surface area contributed by atoms with Crippen molar-refractivity contribution in [3.8, 4) is 0 Å². The molecule has 0 N–H and O–H groups in total. The Balaban J connectivity index is 2.12. The van der Waals surface area contributed by atoms with Crippen molar-refractivity contribution in [2.75, 3.05) is 0 Å². The van der Waals surface area contributed by atoms with Crippen LogP contribution in [0.1, 0.15) is 57.1 Å². The molecule has 1 fully saturated rings. The molecule has 1 aliphatic carbocycles. The third-order valence-corrected chi connectivity index (χ3v) is 4.14. The van der Waals surface area contributed by atoms with Gasteiger partial charge in [-0.1, -0.05) is 49.3 Å². The van der Waals surface area contributed by atoms with E-state index < -0.39 is 0 Å². The first-order valence-electron chi connectivity index (χ1n) is 7.65. The minimum atomic E-state index is 1.08. The van der Waals surface area contributed by atoms with Gasteiger partial charge in [-0.05, 0) is 68.2 Å². The summed E-state index contributed by atoms with van der Waals surface area (Å²) in [7, 11) is 0. The van der Waals surface area contributed by atoms with Gasteiger partial charge < -0.3 is 0 Å². The van der Waals surface area contributed by atoms with Gasteiger partial charge in [0, 0.05) is 0 Å². The maximum atomic E-state index is 2.47. The number of benzene rings is 1. The molecule has 0 amide bonds. The summed E-state index contributed by atoms with van der Waals surface area (Å²) in [5.74, 6) is 0. The highest BCUT2D eigenvalue weighted by atomic mass is 14.2. The molecule has 0 saturated heterocycles. The van der Waals surface area contributed by atoms with Gasteiger partial charge in [-0.25, -0.2) is 0 Å². The number of hydrogen-bond acceptors (Lipinski definition) is 0. The van der Waals surface area contributed by atoms with Crippen LogP contribution < -0.4 is 0 Å². The van der Waals surface area contributed by atoms with Crippen LogP contribution in [0.25, 0.3) is 0 Å². The van der Waals surface area contributed by atoms with Crippen molar-refractivity contribution in [1.29, 1.82) is 0 Å². The number of hydrogen-bond donors (Lipinski definition) is 0. The molecular formula is C19H26. The van der Waals surface area contributed by atoms with Crippen molar-refractivity contribution < 1.29 is 0 Å². The van der Waals surface area contributed by atoms with Crippen LogP contribution in [-0.4, -0.2) is 0 Å². The van der Waals surface area contributed by atoms with Gasteiger partial charge in [0.2, 0.25) is 0 Å². The quantitative estimate of drug-likeness (QED) is 0.605. The van der Waals surface area contributed by atoms with Crippen LogP contribution in [0.15, 0.2) is 47.1 Å². The van der Waals surface area contributed by atoms with Crippen molar-refractivity contribution in [2.24, 2.45) is 0 Å². The molecule has 0 bridgehead atoms. The van der Waals surface area contributed by atoms with E-state index in [1.165, 1.54) is 43.2 Å². The van der Waals surface area contributed by atoms with Gasteiger partial charge in [0.25, 0.3) is 0 Å². The summed E-state index contributed by atoms with van der Waals surface area (Å²) >= 11 is 0. The van der Waals surface area contributed by atoms with E-state index in [4.69, 9.17) is 0 Å². The second-order valence-corrected chi connectivity index (χ2v) is 5.69. The summed E-state index contributed by atoms with van der Waals surface area (Å²) in [5, 5.41) is 0. The molecule has 0 spiro atoms. The molecular weight excluding hydrogens is 228 g/mol. The molecule has 0 unspecified atom stereocenters. The summed E-state index contributed by atoms with van der Waals surface area (Å²) < 4.78 is 0. The van der Waals surface area contributed by atoms with E-state index in [9.17, 15) is 0 Å². The Hall–Kier alpha value is -1.30. The topological polar surface area (TPSA) is 0 Å². The number of allylic oxidation sites excluding steroid dienone is 4. The van der Waals surface area contributed by atoms with Crippen molar-refractivity contribution in [3.05, 3.63) is 58.2 Å². The highest BCUT2D eigenvalue weighted by molar-refractivity contribution is 5.40. The standard InChI is InChI=1S/C19H26/c1-4-5-9-18(16(3)19-13-14-19)12-11-17-10-7-6-8-15(17)2/h6-8,10,12H,4-5,9,11,13-14H2,1-3H3. The predicted molar refractivity (Wildman–Crippen MR) is 84.4 cm³/mol. The zero-order valence-electron chi connectivity index (χ0n) is 12.6. The average Bonchev–Trinajstić information content (AvgIpc) is 3.24. The Morgan fingerprint density at radius 3 is 2.58 bits per heavy atom. The van der Waals surface area contributed by atoms with E-state index >= 15 is 0 Å². The second-order valence-electron chi connectivity index (χ2n) is 5.69. The van der Waals surface area contributed by atoms with Gasteiger partial charge in [-0.2, -0.15) is 0 Å². The molecule has 2 rings (SSSR count). The van der Waals surface area contributed by atoms with E-state index in [1.807, 2.05) is 0 Å². The van der Waals surface area contributed by atoms with Crippen LogP contribution in [0.2, 0.25) is 0 Å². The second kappa shape index (κ2) is 6.75. The van der Waals surface area contributed by atoms with E-state index in [-0.39, 0.29) is 0 Å². The first-order chi connectivity index (χ1) is 9.22. The van der Waals surface area contributed by atoms with Crippen LogP contribution in [-0.2, 0) is 6.42 Å².